The predicted molar refractivity (Wildman–Crippen MR) is 86.1 cm³/mol. The van der Waals surface area contributed by atoms with Gasteiger partial charge in [0.1, 0.15) is 11.9 Å². The zero-order valence-corrected chi connectivity index (χ0v) is 14.5. The molecule has 1 rings (SSSR count). The first-order valence-corrected chi connectivity index (χ1v) is 8.85. The van der Waals surface area contributed by atoms with Crippen molar-refractivity contribution in [3.8, 4) is 6.07 Å². The molecule has 0 aromatic heterocycles. The van der Waals surface area contributed by atoms with Crippen LogP contribution in [0.5, 0.6) is 0 Å². The highest BCUT2D eigenvalue weighted by Gasteiger charge is 2.30. The molecule has 0 aliphatic rings. The summed E-state index contributed by atoms with van der Waals surface area (Å²) >= 11 is 0. The van der Waals surface area contributed by atoms with E-state index in [1.165, 1.54) is 13.8 Å². The van der Waals surface area contributed by atoms with E-state index in [1.807, 2.05) is 0 Å². The van der Waals surface area contributed by atoms with E-state index in [4.69, 9.17) is 5.26 Å². The molecule has 0 saturated heterocycles. The van der Waals surface area contributed by atoms with Gasteiger partial charge in [0, 0.05) is 0 Å². The van der Waals surface area contributed by atoms with Crippen molar-refractivity contribution in [3.63, 3.8) is 0 Å². The average Bonchev–Trinajstić information content (AvgIpc) is 2.49. The van der Waals surface area contributed by atoms with Gasteiger partial charge in [-0.3, -0.25) is 5.32 Å². The van der Waals surface area contributed by atoms with Crippen molar-refractivity contribution in [2.24, 2.45) is 0 Å². The number of hydrogen-bond acceptors (Lipinski definition) is 7. The summed E-state index contributed by atoms with van der Waals surface area (Å²) in [5.74, 6) is -1.01. The normalized spacial score (nSPS) is 10.5. The molecule has 0 radical (unpaired) electrons. The Bertz CT molecular complexity index is 819. The van der Waals surface area contributed by atoms with Crippen LogP contribution in [0.15, 0.2) is 12.1 Å². The van der Waals surface area contributed by atoms with Crippen LogP contribution in [-0.2, 0) is 19.5 Å². The number of rotatable bonds is 5. The van der Waals surface area contributed by atoms with E-state index in [-0.39, 0.29) is 17.5 Å². The fourth-order valence-electron chi connectivity index (χ4n) is 1.79. The van der Waals surface area contributed by atoms with Gasteiger partial charge in [-0.05, 0) is 26.0 Å². The van der Waals surface area contributed by atoms with E-state index in [0.717, 1.165) is 6.07 Å². The second-order valence-electron chi connectivity index (χ2n) is 4.53. The zero-order chi connectivity index (χ0) is 19.2. The average molecular weight is 373 g/mol. The molecule has 136 valence electrons. The van der Waals surface area contributed by atoms with Crippen molar-refractivity contribution in [1.29, 1.82) is 5.26 Å². The van der Waals surface area contributed by atoms with Crippen molar-refractivity contribution in [2.45, 2.75) is 13.8 Å². The molecule has 0 heterocycles. The van der Waals surface area contributed by atoms with Crippen molar-refractivity contribution in [2.75, 3.05) is 29.1 Å². The molecular weight excluding hydrogens is 357 g/mol. The Kier molecular flexibility index (Phi) is 6.69. The lowest BCUT2D eigenvalue weighted by molar-refractivity contribution is 0.164. The van der Waals surface area contributed by atoms with Crippen LogP contribution in [0.2, 0.25) is 0 Å². The molecule has 0 unspecified atom stereocenters. The van der Waals surface area contributed by atoms with Crippen molar-refractivity contribution >= 4 is 33.6 Å². The van der Waals surface area contributed by atoms with Gasteiger partial charge < -0.3 is 9.47 Å². The van der Waals surface area contributed by atoms with Gasteiger partial charge in [0.05, 0.1) is 36.4 Å². The van der Waals surface area contributed by atoms with Crippen LogP contribution in [0.25, 0.3) is 0 Å². The topological polar surface area (TPSA) is 126 Å². The van der Waals surface area contributed by atoms with Crippen LogP contribution in [0.1, 0.15) is 19.4 Å². The monoisotopic (exact) mass is 373 g/mol. The quantitative estimate of drug-likeness (QED) is 0.838. The molecule has 9 nitrogen and oxygen atoms in total. The zero-order valence-electron chi connectivity index (χ0n) is 13.7. The summed E-state index contributed by atoms with van der Waals surface area (Å²) in [6.45, 7) is 2.89. The van der Waals surface area contributed by atoms with Crippen LogP contribution < -0.4 is 9.62 Å². The Morgan fingerprint density at radius 1 is 1.28 bits per heavy atom. The third kappa shape index (κ3) is 5.05. The Morgan fingerprint density at radius 2 is 1.88 bits per heavy atom. The molecule has 1 N–H and O–H groups in total. The Labute approximate surface area is 144 Å². The number of carbonyl (C=O) groups excluding carboxylic acids is 2. The van der Waals surface area contributed by atoms with E-state index < -0.39 is 45.0 Å². The highest BCUT2D eigenvalue weighted by atomic mass is 32.2. The number of amides is 2. The first kappa shape index (κ1) is 20.2. The van der Waals surface area contributed by atoms with Gasteiger partial charge in [0.2, 0.25) is 10.0 Å². The summed E-state index contributed by atoms with van der Waals surface area (Å²) < 4.78 is 47.4. The molecule has 0 saturated carbocycles. The lowest BCUT2D eigenvalue weighted by atomic mass is 10.1. The highest BCUT2D eigenvalue weighted by Crippen LogP contribution is 2.29. The molecule has 1 aromatic carbocycles. The number of halogens is 1. The lowest BCUT2D eigenvalue weighted by Crippen LogP contribution is -2.37. The maximum absolute atomic E-state index is 14.0. The van der Waals surface area contributed by atoms with E-state index in [9.17, 15) is 22.4 Å². The first-order chi connectivity index (χ1) is 11.6. The van der Waals surface area contributed by atoms with E-state index in [2.05, 4.69) is 14.8 Å². The molecular formula is C14H16FN3O6S. The number of sulfonamides is 1. The van der Waals surface area contributed by atoms with Gasteiger partial charge in [-0.15, -0.1) is 0 Å². The second-order valence-corrected chi connectivity index (χ2v) is 6.36. The number of nitrogens with zero attached hydrogens (tertiary/aromatic N) is 2. The number of ether oxygens (including phenoxy) is 2. The summed E-state index contributed by atoms with van der Waals surface area (Å²) in [5.41, 5.74) is -1.37. The van der Waals surface area contributed by atoms with Gasteiger partial charge in [-0.2, -0.15) is 9.57 Å². The largest absolute Gasteiger partial charge is 0.450 e. The number of anilines is 2. The predicted octanol–water partition coefficient (Wildman–Crippen LogP) is 2.19. The summed E-state index contributed by atoms with van der Waals surface area (Å²) in [5, 5.41) is 11.2. The molecule has 0 atom stereocenters. The fourth-order valence-corrected chi connectivity index (χ4v) is 2.62. The summed E-state index contributed by atoms with van der Waals surface area (Å²) in [4.78, 5) is 23.4. The molecule has 0 spiro atoms. The van der Waals surface area contributed by atoms with Crippen molar-refractivity contribution in [3.05, 3.63) is 23.5 Å². The number of benzene rings is 1. The summed E-state index contributed by atoms with van der Waals surface area (Å²) in [7, 11) is -4.20. The molecule has 0 aliphatic heterocycles. The molecule has 1 aromatic rings. The smallest absolute Gasteiger partial charge is 0.428 e. The second kappa shape index (κ2) is 8.29. The van der Waals surface area contributed by atoms with Crippen LogP contribution in [0, 0.1) is 17.1 Å². The third-order valence-electron chi connectivity index (χ3n) is 2.70. The molecule has 0 aliphatic carbocycles. The maximum atomic E-state index is 14.0. The number of nitrogens with one attached hydrogen (secondary N) is 1. The van der Waals surface area contributed by atoms with Gasteiger partial charge in [-0.25, -0.2) is 22.4 Å². The third-order valence-corrected chi connectivity index (χ3v) is 3.71. The molecule has 2 amide bonds. The molecule has 25 heavy (non-hydrogen) atoms. The van der Waals surface area contributed by atoms with Crippen molar-refractivity contribution < 1.29 is 31.9 Å². The van der Waals surface area contributed by atoms with Crippen LogP contribution in [-0.4, -0.2) is 40.1 Å². The van der Waals surface area contributed by atoms with E-state index >= 15 is 0 Å². The minimum atomic E-state index is -4.20. The minimum Gasteiger partial charge on any atom is -0.450 e. The summed E-state index contributed by atoms with van der Waals surface area (Å²) in [6, 6.07) is 3.12. The van der Waals surface area contributed by atoms with Crippen LogP contribution in [0.4, 0.5) is 25.4 Å². The Balaban J connectivity index is 3.51. The van der Waals surface area contributed by atoms with Crippen LogP contribution in [0.3, 0.4) is 0 Å². The standard InChI is InChI=1S/C14H16FN3O6S/c1-4-23-13(19)17-11-7-12(9(8-16)6-10(11)15)18(25(3,21)22)14(20)24-5-2/h6-7H,4-5H2,1-3H3,(H,17,19). The number of nitriles is 1. The van der Waals surface area contributed by atoms with Gasteiger partial charge in [0.15, 0.2) is 0 Å². The fraction of sp³-hybridized carbons (Fsp3) is 0.357. The van der Waals surface area contributed by atoms with E-state index in [0.29, 0.717) is 12.3 Å². The van der Waals surface area contributed by atoms with E-state index in [1.54, 1.807) is 6.07 Å². The molecule has 11 heteroatoms. The molecule has 0 bridgehead atoms. The first-order valence-electron chi connectivity index (χ1n) is 7.00. The molecule has 0 fully saturated rings. The van der Waals surface area contributed by atoms with Gasteiger partial charge in [0.25, 0.3) is 0 Å². The Hall–Kier alpha value is -2.87. The maximum Gasteiger partial charge on any atom is 0.428 e. The SMILES string of the molecule is CCOC(=O)Nc1cc(N(C(=O)OCC)S(C)(=O)=O)c(C#N)cc1F. The Morgan fingerprint density at radius 3 is 2.36 bits per heavy atom. The number of hydrogen-bond donors (Lipinski definition) is 1. The minimum absolute atomic E-state index is 0.0227. The van der Waals surface area contributed by atoms with Gasteiger partial charge >= 0.3 is 12.2 Å². The van der Waals surface area contributed by atoms with Crippen LogP contribution >= 0.6 is 0 Å². The van der Waals surface area contributed by atoms with Gasteiger partial charge in [-0.1, -0.05) is 0 Å². The summed E-state index contributed by atoms with van der Waals surface area (Å²) in [6.07, 6.45) is -1.54. The van der Waals surface area contributed by atoms with Crippen molar-refractivity contribution in [1.82, 2.24) is 0 Å². The number of carbonyl (C=O) groups is 2. The highest BCUT2D eigenvalue weighted by molar-refractivity contribution is 7.92. The lowest BCUT2D eigenvalue weighted by Gasteiger charge is -2.21.